The summed E-state index contributed by atoms with van der Waals surface area (Å²) in [6.45, 7) is 2.28. The van der Waals surface area contributed by atoms with Gasteiger partial charge in [0.2, 0.25) is 0 Å². The summed E-state index contributed by atoms with van der Waals surface area (Å²) < 4.78 is 10.7. The topological polar surface area (TPSA) is 118 Å². The lowest BCUT2D eigenvalue weighted by atomic mass is 10.1. The Morgan fingerprint density at radius 1 is 1.23 bits per heavy atom. The van der Waals surface area contributed by atoms with Crippen LogP contribution in [-0.4, -0.2) is 30.6 Å². The molecule has 2 aromatic rings. The van der Waals surface area contributed by atoms with Gasteiger partial charge in [0.1, 0.15) is 5.84 Å². The first-order chi connectivity index (χ1) is 12.0. The maximum Gasteiger partial charge on any atom is 0.330 e. The van der Waals surface area contributed by atoms with Crippen LogP contribution in [0.2, 0.25) is 0 Å². The number of carbonyl (C=O) groups is 1. The first-order valence-electron chi connectivity index (χ1n) is 7.70. The lowest BCUT2D eigenvalue weighted by molar-refractivity contribution is -0.138. The maximum absolute atomic E-state index is 11.7. The Labute approximate surface area is 158 Å². The Hall–Kier alpha value is -2.93. The minimum atomic E-state index is -1.02. The SMILES string of the molecule is CCOc1cc(C(Nc2ccc(C(=N)N)cc2)C(=O)O)ccc1OC.Cl. The predicted octanol–water partition coefficient (Wildman–Crippen LogP) is 3.04. The number of hydrogen-bond donors (Lipinski definition) is 4. The first-order valence-corrected chi connectivity index (χ1v) is 7.70. The van der Waals surface area contributed by atoms with Gasteiger partial charge in [-0.05, 0) is 48.9 Å². The number of aliphatic carboxylic acids is 1. The van der Waals surface area contributed by atoms with E-state index in [1.807, 2.05) is 6.92 Å². The number of carboxylic acids is 1. The van der Waals surface area contributed by atoms with Crippen LogP contribution in [0.15, 0.2) is 42.5 Å². The van der Waals surface area contributed by atoms with Crippen molar-refractivity contribution in [2.24, 2.45) is 5.73 Å². The molecule has 2 rings (SSSR count). The fourth-order valence-electron chi connectivity index (χ4n) is 2.34. The van der Waals surface area contributed by atoms with Gasteiger partial charge in [-0.2, -0.15) is 0 Å². The second kappa shape index (κ2) is 9.53. The molecule has 5 N–H and O–H groups in total. The molecule has 0 aliphatic rings. The molecule has 0 fully saturated rings. The van der Waals surface area contributed by atoms with Crippen molar-refractivity contribution in [3.63, 3.8) is 0 Å². The van der Waals surface area contributed by atoms with E-state index in [1.165, 1.54) is 7.11 Å². The molecule has 0 aliphatic carbocycles. The number of halogens is 1. The number of nitrogen functional groups attached to an aromatic ring is 1. The molecule has 0 amide bonds. The summed E-state index contributed by atoms with van der Waals surface area (Å²) >= 11 is 0. The molecular weight excluding hydrogens is 358 g/mol. The van der Waals surface area contributed by atoms with Crippen LogP contribution in [0.5, 0.6) is 11.5 Å². The van der Waals surface area contributed by atoms with Gasteiger partial charge in [-0.15, -0.1) is 12.4 Å². The van der Waals surface area contributed by atoms with E-state index in [-0.39, 0.29) is 18.2 Å². The van der Waals surface area contributed by atoms with Crippen LogP contribution in [-0.2, 0) is 4.79 Å². The number of anilines is 1. The van der Waals surface area contributed by atoms with Gasteiger partial charge in [0.05, 0.1) is 13.7 Å². The van der Waals surface area contributed by atoms with E-state index in [0.717, 1.165) is 0 Å². The number of ether oxygens (including phenoxy) is 2. The predicted molar refractivity (Wildman–Crippen MR) is 103 cm³/mol. The molecule has 1 unspecified atom stereocenters. The largest absolute Gasteiger partial charge is 0.493 e. The second-order valence-corrected chi connectivity index (χ2v) is 5.25. The van der Waals surface area contributed by atoms with Gasteiger partial charge in [0.25, 0.3) is 0 Å². The van der Waals surface area contributed by atoms with E-state index in [9.17, 15) is 9.90 Å². The van der Waals surface area contributed by atoms with E-state index in [1.54, 1.807) is 42.5 Å². The molecule has 0 aliphatic heterocycles. The zero-order chi connectivity index (χ0) is 18.4. The summed E-state index contributed by atoms with van der Waals surface area (Å²) in [5.74, 6) is -0.0378. The fraction of sp³-hybridized carbons (Fsp3) is 0.222. The number of nitrogens with two attached hydrogens (primary N) is 1. The number of benzene rings is 2. The third-order valence-electron chi connectivity index (χ3n) is 3.57. The summed E-state index contributed by atoms with van der Waals surface area (Å²) in [7, 11) is 1.53. The quantitative estimate of drug-likeness (QED) is 0.413. The Kier molecular flexibility index (Phi) is 7.74. The van der Waals surface area contributed by atoms with Crippen LogP contribution in [0.1, 0.15) is 24.1 Å². The molecule has 8 heteroatoms. The van der Waals surface area contributed by atoms with E-state index in [2.05, 4.69) is 5.32 Å². The van der Waals surface area contributed by atoms with Crippen LogP contribution in [0, 0.1) is 5.41 Å². The van der Waals surface area contributed by atoms with Crippen molar-refractivity contribution in [3.8, 4) is 11.5 Å². The zero-order valence-electron chi connectivity index (χ0n) is 14.5. The Morgan fingerprint density at radius 3 is 2.38 bits per heavy atom. The van der Waals surface area contributed by atoms with E-state index in [4.69, 9.17) is 20.6 Å². The molecule has 26 heavy (non-hydrogen) atoms. The van der Waals surface area contributed by atoms with Crippen molar-refractivity contribution in [1.29, 1.82) is 5.41 Å². The molecule has 1 atom stereocenters. The second-order valence-electron chi connectivity index (χ2n) is 5.25. The fourth-order valence-corrected chi connectivity index (χ4v) is 2.34. The lowest BCUT2D eigenvalue weighted by Crippen LogP contribution is -2.20. The van der Waals surface area contributed by atoms with Gasteiger partial charge in [-0.3, -0.25) is 5.41 Å². The number of amidine groups is 1. The van der Waals surface area contributed by atoms with Crippen LogP contribution in [0.4, 0.5) is 5.69 Å². The van der Waals surface area contributed by atoms with E-state index >= 15 is 0 Å². The number of methoxy groups -OCH3 is 1. The molecule has 7 nitrogen and oxygen atoms in total. The normalized spacial score (nSPS) is 11.0. The van der Waals surface area contributed by atoms with Gasteiger partial charge < -0.3 is 25.6 Å². The summed E-state index contributed by atoms with van der Waals surface area (Å²) in [6, 6.07) is 10.7. The number of hydrogen-bond acceptors (Lipinski definition) is 5. The third-order valence-corrected chi connectivity index (χ3v) is 3.57. The van der Waals surface area contributed by atoms with Gasteiger partial charge in [-0.25, -0.2) is 4.79 Å². The minimum Gasteiger partial charge on any atom is -0.493 e. The van der Waals surface area contributed by atoms with Gasteiger partial charge in [0.15, 0.2) is 17.5 Å². The van der Waals surface area contributed by atoms with E-state index < -0.39 is 12.0 Å². The Bertz CT molecular complexity index is 766. The van der Waals surface area contributed by atoms with Crippen molar-refractivity contribution in [1.82, 2.24) is 0 Å². The van der Waals surface area contributed by atoms with Crippen LogP contribution < -0.4 is 20.5 Å². The monoisotopic (exact) mass is 379 g/mol. The molecule has 0 aromatic heterocycles. The molecule has 0 bridgehead atoms. The molecule has 0 saturated carbocycles. The number of rotatable bonds is 8. The van der Waals surface area contributed by atoms with Gasteiger partial charge in [-0.1, -0.05) is 6.07 Å². The van der Waals surface area contributed by atoms with Gasteiger partial charge in [0, 0.05) is 11.3 Å². The van der Waals surface area contributed by atoms with Crippen LogP contribution >= 0.6 is 12.4 Å². The van der Waals surface area contributed by atoms with Crippen LogP contribution in [0.25, 0.3) is 0 Å². The van der Waals surface area contributed by atoms with Gasteiger partial charge >= 0.3 is 5.97 Å². The summed E-state index contributed by atoms with van der Waals surface area (Å²) in [4.78, 5) is 11.7. The smallest absolute Gasteiger partial charge is 0.330 e. The highest BCUT2D eigenvalue weighted by atomic mass is 35.5. The zero-order valence-corrected chi connectivity index (χ0v) is 15.3. The van der Waals surface area contributed by atoms with Crippen molar-refractivity contribution in [2.75, 3.05) is 19.0 Å². The molecule has 0 saturated heterocycles. The van der Waals surface area contributed by atoms with Crippen LogP contribution in [0.3, 0.4) is 0 Å². The maximum atomic E-state index is 11.7. The van der Waals surface area contributed by atoms with Crippen molar-refractivity contribution >= 4 is 29.9 Å². The summed E-state index contributed by atoms with van der Waals surface area (Å²) in [5.41, 5.74) is 7.13. The Morgan fingerprint density at radius 2 is 1.88 bits per heavy atom. The highest BCUT2D eigenvalue weighted by Crippen LogP contribution is 2.31. The standard InChI is InChI=1S/C18H21N3O4.ClH/c1-3-25-15-10-12(6-9-14(15)24-2)16(18(22)23)21-13-7-4-11(5-8-13)17(19)20;/h4-10,16,21H,3H2,1-2H3,(H3,19,20)(H,22,23);1H. The summed E-state index contributed by atoms with van der Waals surface area (Å²) in [5, 5.41) is 19.9. The average molecular weight is 380 g/mol. The van der Waals surface area contributed by atoms with Crippen molar-refractivity contribution in [3.05, 3.63) is 53.6 Å². The Balaban J connectivity index is 0.00000338. The molecule has 0 heterocycles. The minimum absolute atomic E-state index is 0. The van der Waals surface area contributed by atoms with E-state index in [0.29, 0.717) is 34.9 Å². The average Bonchev–Trinajstić information content (AvgIpc) is 2.60. The number of nitrogens with one attached hydrogen (secondary N) is 2. The van der Waals surface area contributed by atoms with Crippen molar-refractivity contribution < 1.29 is 19.4 Å². The number of carboxylic acid groups (broad SMARTS) is 1. The van der Waals surface area contributed by atoms with Crippen molar-refractivity contribution in [2.45, 2.75) is 13.0 Å². The lowest BCUT2D eigenvalue weighted by Gasteiger charge is -2.18. The summed E-state index contributed by atoms with van der Waals surface area (Å²) in [6.07, 6.45) is 0. The molecule has 140 valence electrons. The molecule has 0 spiro atoms. The highest BCUT2D eigenvalue weighted by Gasteiger charge is 2.21. The third kappa shape index (κ3) is 5.03. The molecule has 2 aromatic carbocycles. The first kappa shape index (κ1) is 21.1. The molecular formula is C18H22ClN3O4. The molecule has 0 radical (unpaired) electrons. The highest BCUT2D eigenvalue weighted by molar-refractivity contribution is 5.95.